The summed E-state index contributed by atoms with van der Waals surface area (Å²) in [4.78, 5) is 0. The Labute approximate surface area is 112 Å². The molecule has 0 amide bonds. The second-order valence-corrected chi connectivity index (χ2v) is 5.14. The molecular formula is C16H27NO. The number of nitrogens with one attached hydrogen (secondary N) is 1. The molecule has 0 bridgehead atoms. The van der Waals surface area contributed by atoms with Gasteiger partial charge in [0, 0.05) is 19.8 Å². The standard InChI is InChI=1S/C16H27NO/c1-4-10-17-16(11-14(2)13-18-3)12-15-8-6-5-7-9-15/h5-9,14,16-17H,4,10-13H2,1-3H3. The summed E-state index contributed by atoms with van der Waals surface area (Å²) in [6, 6.07) is 11.3. The summed E-state index contributed by atoms with van der Waals surface area (Å²) >= 11 is 0. The van der Waals surface area contributed by atoms with Gasteiger partial charge in [0.15, 0.2) is 0 Å². The minimum Gasteiger partial charge on any atom is -0.384 e. The molecule has 102 valence electrons. The smallest absolute Gasteiger partial charge is 0.0488 e. The van der Waals surface area contributed by atoms with Gasteiger partial charge in [-0.15, -0.1) is 0 Å². The maximum Gasteiger partial charge on any atom is 0.0488 e. The minimum absolute atomic E-state index is 0.553. The van der Waals surface area contributed by atoms with Crippen LogP contribution in [0.3, 0.4) is 0 Å². The first-order chi connectivity index (χ1) is 8.76. The highest BCUT2D eigenvalue weighted by Crippen LogP contribution is 2.12. The molecule has 0 heterocycles. The van der Waals surface area contributed by atoms with Crippen LogP contribution >= 0.6 is 0 Å². The van der Waals surface area contributed by atoms with Crippen molar-refractivity contribution in [2.75, 3.05) is 20.3 Å². The molecule has 1 N–H and O–H groups in total. The lowest BCUT2D eigenvalue weighted by molar-refractivity contribution is 0.149. The molecule has 0 saturated heterocycles. The van der Waals surface area contributed by atoms with Crippen LogP contribution in [0.4, 0.5) is 0 Å². The third-order valence-corrected chi connectivity index (χ3v) is 3.15. The van der Waals surface area contributed by atoms with E-state index in [4.69, 9.17) is 4.74 Å². The number of benzene rings is 1. The van der Waals surface area contributed by atoms with Crippen LogP contribution in [0.1, 0.15) is 32.3 Å². The molecule has 0 radical (unpaired) electrons. The van der Waals surface area contributed by atoms with Gasteiger partial charge >= 0.3 is 0 Å². The maximum absolute atomic E-state index is 5.23. The van der Waals surface area contributed by atoms with E-state index in [0.29, 0.717) is 12.0 Å². The molecule has 0 spiro atoms. The molecule has 0 saturated carbocycles. The molecule has 2 atom stereocenters. The van der Waals surface area contributed by atoms with Gasteiger partial charge in [0.25, 0.3) is 0 Å². The fraction of sp³-hybridized carbons (Fsp3) is 0.625. The molecular weight excluding hydrogens is 222 g/mol. The normalized spacial score (nSPS) is 14.4. The maximum atomic E-state index is 5.23. The van der Waals surface area contributed by atoms with Gasteiger partial charge in [-0.25, -0.2) is 0 Å². The molecule has 0 aliphatic rings. The van der Waals surface area contributed by atoms with E-state index >= 15 is 0 Å². The summed E-state index contributed by atoms with van der Waals surface area (Å²) in [5.41, 5.74) is 1.41. The van der Waals surface area contributed by atoms with Crippen molar-refractivity contribution >= 4 is 0 Å². The van der Waals surface area contributed by atoms with Crippen molar-refractivity contribution in [3.63, 3.8) is 0 Å². The van der Waals surface area contributed by atoms with Crippen molar-refractivity contribution < 1.29 is 4.74 Å². The van der Waals surface area contributed by atoms with Crippen molar-refractivity contribution in [2.45, 2.75) is 39.2 Å². The topological polar surface area (TPSA) is 21.3 Å². The van der Waals surface area contributed by atoms with Crippen molar-refractivity contribution in [2.24, 2.45) is 5.92 Å². The zero-order chi connectivity index (χ0) is 13.2. The Kier molecular flexibility index (Phi) is 7.70. The predicted octanol–water partition coefficient (Wildman–Crippen LogP) is 3.27. The van der Waals surface area contributed by atoms with E-state index in [9.17, 15) is 0 Å². The van der Waals surface area contributed by atoms with Crippen LogP contribution in [-0.4, -0.2) is 26.3 Å². The summed E-state index contributed by atoms with van der Waals surface area (Å²) in [5.74, 6) is 0.605. The Balaban J connectivity index is 2.49. The first-order valence-electron chi connectivity index (χ1n) is 7.02. The lowest BCUT2D eigenvalue weighted by Gasteiger charge is -2.22. The molecule has 0 aliphatic carbocycles. The van der Waals surface area contributed by atoms with Crippen molar-refractivity contribution in [1.82, 2.24) is 5.32 Å². The third-order valence-electron chi connectivity index (χ3n) is 3.15. The van der Waals surface area contributed by atoms with Crippen molar-refractivity contribution in [1.29, 1.82) is 0 Å². The zero-order valence-corrected chi connectivity index (χ0v) is 12.0. The molecule has 1 aromatic rings. The molecule has 2 unspecified atom stereocenters. The monoisotopic (exact) mass is 249 g/mol. The van der Waals surface area contributed by atoms with Gasteiger partial charge in [0.1, 0.15) is 0 Å². The van der Waals surface area contributed by atoms with Crippen molar-refractivity contribution in [3.8, 4) is 0 Å². The number of methoxy groups -OCH3 is 1. The molecule has 2 heteroatoms. The number of rotatable bonds is 9. The first kappa shape index (κ1) is 15.2. The molecule has 0 aliphatic heterocycles. The Morgan fingerprint density at radius 3 is 2.56 bits per heavy atom. The molecule has 1 rings (SSSR count). The van der Waals surface area contributed by atoms with Crippen LogP contribution in [0, 0.1) is 5.92 Å². The predicted molar refractivity (Wildman–Crippen MR) is 77.9 cm³/mol. The van der Waals surface area contributed by atoms with Gasteiger partial charge in [-0.3, -0.25) is 0 Å². The largest absolute Gasteiger partial charge is 0.384 e. The van der Waals surface area contributed by atoms with E-state index in [1.165, 1.54) is 18.4 Å². The van der Waals surface area contributed by atoms with Crippen LogP contribution in [0.25, 0.3) is 0 Å². The Bertz CT molecular complexity index is 299. The fourth-order valence-corrected chi connectivity index (χ4v) is 2.32. The molecule has 0 aromatic heterocycles. The second-order valence-electron chi connectivity index (χ2n) is 5.14. The molecule has 2 nitrogen and oxygen atoms in total. The van der Waals surface area contributed by atoms with Gasteiger partial charge < -0.3 is 10.1 Å². The van der Waals surface area contributed by atoms with Gasteiger partial charge in [0.2, 0.25) is 0 Å². The average Bonchev–Trinajstić information content (AvgIpc) is 2.37. The van der Waals surface area contributed by atoms with Crippen LogP contribution in [-0.2, 0) is 11.2 Å². The van der Waals surface area contributed by atoms with E-state index in [2.05, 4.69) is 49.5 Å². The van der Waals surface area contributed by atoms with Crippen LogP contribution in [0.5, 0.6) is 0 Å². The van der Waals surface area contributed by atoms with Crippen LogP contribution < -0.4 is 5.32 Å². The fourth-order valence-electron chi connectivity index (χ4n) is 2.32. The lowest BCUT2D eigenvalue weighted by atomic mass is 9.96. The highest BCUT2D eigenvalue weighted by Gasteiger charge is 2.13. The van der Waals surface area contributed by atoms with E-state index in [-0.39, 0.29) is 0 Å². The van der Waals surface area contributed by atoms with Gasteiger partial charge in [0.05, 0.1) is 0 Å². The van der Waals surface area contributed by atoms with E-state index in [1.54, 1.807) is 7.11 Å². The highest BCUT2D eigenvalue weighted by molar-refractivity contribution is 5.15. The SMILES string of the molecule is CCCNC(Cc1ccccc1)CC(C)COC. The summed E-state index contributed by atoms with van der Waals surface area (Å²) in [5, 5.41) is 3.65. The molecule has 18 heavy (non-hydrogen) atoms. The summed E-state index contributed by atoms with van der Waals surface area (Å²) in [6.45, 7) is 6.41. The Morgan fingerprint density at radius 1 is 1.22 bits per heavy atom. The lowest BCUT2D eigenvalue weighted by Crippen LogP contribution is -2.34. The summed E-state index contributed by atoms with van der Waals surface area (Å²) in [6.07, 6.45) is 3.46. The summed E-state index contributed by atoms with van der Waals surface area (Å²) < 4.78 is 5.23. The Morgan fingerprint density at radius 2 is 1.94 bits per heavy atom. The van der Waals surface area contributed by atoms with E-state index in [0.717, 1.165) is 19.6 Å². The first-order valence-corrected chi connectivity index (χ1v) is 7.02. The van der Waals surface area contributed by atoms with E-state index < -0.39 is 0 Å². The minimum atomic E-state index is 0.553. The number of ether oxygens (including phenoxy) is 1. The number of hydrogen-bond acceptors (Lipinski definition) is 2. The van der Waals surface area contributed by atoms with Crippen LogP contribution in [0.2, 0.25) is 0 Å². The summed E-state index contributed by atoms with van der Waals surface area (Å²) in [7, 11) is 1.78. The third kappa shape index (κ3) is 6.18. The second kappa shape index (κ2) is 9.12. The average molecular weight is 249 g/mol. The zero-order valence-electron chi connectivity index (χ0n) is 12.0. The molecule has 1 aromatic carbocycles. The Hall–Kier alpha value is -0.860. The van der Waals surface area contributed by atoms with Gasteiger partial charge in [-0.2, -0.15) is 0 Å². The molecule has 0 fully saturated rings. The quantitative estimate of drug-likeness (QED) is 0.725. The van der Waals surface area contributed by atoms with Crippen LogP contribution in [0.15, 0.2) is 30.3 Å². The van der Waals surface area contributed by atoms with E-state index in [1.807, 2.05) is 0 Å². The number of hydrogen-bond donors (Lipinski definition) is 1. The van der Waals surface area contributed by atoms with Gasteiger partial charge in [-0.1, -0.05) is 44.2 Å². The highest BCUT2D eigenvalue weighted by atomic mass is 16.5. The van der Waals surface area contributed by atoms with Crippen molar-refractivity contribution in [3.05, 3.63) is 35.9 Å². The van der Waals surface area contributed by atoms with Gasteiger partial charge in [-0.05, 0) is 37.3 Å².